The van der Waals surface area contributed by atoms with Gasteiger partial charge in [-0.2, -0.15) is 0 Å². The van der Waals surface area contributed by atoms with Gasteiger partial charge in [0.1, 0.15) is 0 Å². The monoisotopic (exact) mass is 255 g/mol. The van der Waals surface area contributed by atoms with Crippen LogP contribution in [0.1, 0.15) is 38.5 Å². The molecule has 1 N–H and O–H groups in total. The van der Waals surface area contributed by atoms with Crippen molar-refractivity contribution in [2.75, 3.05) is 41.3 Å². The van der Waals surface area contributed by atoms with Crippen LogP contribution >= 0.6 is 0 Å². The zero-order valence-electron chi connectivity index (χ0n) is 12.5. The second-order valence-electron chi connectivity index (χ2n) is 5.89. The van der Waals surface area contributed by atoms with Gasteiger partial charge in [0.15, 0.2) is 0 Å². The first kappa shape index (κ1) is 15.4. The van der Waals surface area contributed by atoms with E-state index in [0.717, 1.165) is 25.9 Å². The first-order valence-corrected chi connectivity index (χ1v) is 7.07. The third kappa shape index (κ3) is 4.58. The van der Waals surface area contributed by atoms with Crippen LogP contribution in [0.5, 0.6) is 0 Å². The highest BCUT2D eigenvalue weighted by atomic mass is 16.2. The zero-order chi connectivity index (χ0) is 13.6. The minimum atomic E-state index is 0.0573. The van der Waals surface area contributed by atoms with E-state index >= 15 is 0 Å². The summed E-state index contributed by atoms with van der Waals surface area (Å²) in [5.74, 6) is 0.271. The SMILES string of the molecule is CNC1(CC(=O)N(C)CCN(C)C)CCCCC1. The number of amides is 1. The molecule has 1 aliphatic carbocycles. The smallest absolute Gasteiger partial charge is 0.224 e. The fourth-order valence-electron chi connectivity index (χ4n) is 2.64. The van der Waals surface area contributed by atoms with E-state index in [1.807, 2.05) is 33.1 Å². The lowest BCUT2D eigenvalue weighted by molar-refractivity contribution is -0.132. The molecule has 1 amide bonds. The summed E-state index contributed by atoms with van der Waals surface area (Å²) in [6.07, 6.45) is 6.72. The standard InChI is InChI=1S/C14H29N3O/c1-15-14(8-6-5-7-9-14)12-13(18)17(4)11-10-16(2)3/h15H,5-12H2,1-4H3. The Balaban J connectivity index is 2.45. The highest BCUT2D eigenvalue weighted by Crippen LogP contribution is 2.31. The average Bonchev–Trinajstić information content (AvgIpc) is 2.36. The number of carbonyl (C=O) groups is 1. The van der Waals surface area contributed by atoms with Crippen LogP contribution in [0.4, 0.5) is 0 Å². The predicted molar refractivity (Wildman–Crippen MR) is 75.7 cm³/mol. The number of rotatable bonds is 6. The van der Waals surface area contributed by atoms with Crippen LogP contribution in [-0.4, -0.2) is 62.5 Å². The van der Waals surface area contributed by atoms with Crippen molar-refractivity contribution in [2.45, 2.75) is 44.1 Å². The molecule has 1 saturated carbocycles. The van der Waals surface area contributed by atoms with Gasteiger partial charge in [0.25, 0.3) is 0 Å². The van der Waals surface area contributed by atoms with Crippen LogP contribution in [0.2, 0.25) is 0 Å². The minimum absolute atomic E-state index is 0.0573. The van der Waals surface area contributed by atoms with E-state index in [9.17, 15) is 4.79 Å². The van der Waals surface area contributed by atoms with E-state index in [0.29, 0.717) is 6.42 Å². The molecule has 1 rings (SSSR count). The van der Waals surface area contributed by atoms with Gasteiger partial charge in [-0.15, -0.1) is 0 Å². The highest BCUT2D eigenvalue weighted by molar-refractivity contribution is 5.77. The second-order valence-corrected chi connectivity index (χ2v) is 5.89. The Morgan fingerprint density at radius 3 is 2.22 bits per heavy atom. The molecule has 0 bridgehead atoms. The van der Waals surface area contributed by atoms with Crippen LogP contribution in [0, 0.1) is 0 Å². The van der Waals surface area contributed by atoms with Gasteiger partial charge in [0, 0.05) is 32.1 Å². The van der Waals surface area contributed by atoms with Crippen molar-refractivity contribution in [3.63, 3.8) is 0 Å². The van der Waals surface area contributed by atoms with Gasteiger partial charge < -0.3 is 15.1 Å². The van der Waals surface area contributed by atoms with Gasteiger partial charge in [0.2, 0.25) is 5.91 Å². The van der Waals surface area contributed by atoms with E-state index < -0.39 is 0 Å². The molecule has 106 valence electrons. The third-order valence-corrected chi connectivity index (χ3v) is 4.14. The number of nitrogens with zero attached hydrogens (tertiary/aromatic N) is 2. The molecule has 1 aliphatic rings. The van der Waals surface area contributed by atoms with Gasteiger partial charge in [0.05, 0.1) is 0 Å². The summed E-state index contributed by atoms with van der Waals surface area (Å²) in [5.41, 5.74) is 0.0573. The number of hydrogen-bond acceptors (Lipinski definition) is 3. The normalized spacial score (nSPS) is 18.9. The molecule has 0 aromatic carbocycles. The summed E-state index contributed by atoms with van der Waals surface area (Å²) in [7, 11) is 7.99. The van der Waals surface area contributed by atoms with Crippen LogP contribution in [0.25, 0.3) is 0 Å². The molecule has 1 fully saturated rings. The molecule has 0 radical (unpaired) electrons. The van der Waals surface area contributed by atoms with Gasteiger partial charge in [-0.25, -0.2) is 0 Å². The predicted octanol–water partition coefficient (Wildman–Crippen LogP) is 1.32. The molecule has 0 unspecified atom stereocenters. The molecular formula is C14H29N3O. The lowest BCUT2D eigenvalue weighted by Gasteiger charge is -2.37. The summed E-state index contributed by atoms with van der Waals surface area (Å²) >= 11 is 0. The molecule has 0 heterocycles. The average molecular weight is 255 g/mol. The Morgan fingerprint density at radius 2 is 1.72 bits per heavy atom. The van der Waals surface area contributed by atoms with Crippen molar-refractivity contribution in [3.05, 3.63) is 0 Å². The molecule has 0 aromatic heterocycles. The quantitative estimate of drug-likeness (QED) is 0.777. The van der Waals surface area contributed by atoms with E-state index in [4.69, 9.17) is 0 Å². The van der Waals surface area contributed by atoms with E-state index in [2.05, 4.69) is 10.2 Å². The van der Waals surface area contributed by atoms with Crippen molar-refractivity contribution in [1.82, 2.24) is 15.1 Å². The first-order valence-electron chi connectivity index (χ1n) is 7.07. The molecule has 0 saturated heterocycles. The van der Waals surface area contributed by atoms with Crippen LogP contribution in [-0.2, 0) is 4.79 Å². The topological polar surface area (TPSA) is 35.6 Å². The molecule has 4 heteroatoms. The van der Waals surface area contributed by atoms with Crippen LogP contribution in [0.15, 0.2) is 0 Å². The maximum atomic E-state index is 12.3. The van der Waals surface area contributed by atoms with Gasteiger partial charge in [-0.3, -0.25) is 4.79 Å². The Bertz CT molecular complexity index is 260. The molecule has 0 aromatic rings. The Morgan fingerprint density at radius 1 is 1.11 bits per heavy atom. The second kappa shape index (κ2) is 7.10. The van der Waals surface area contributed by atoms with Gasteiger partial charge >= 0.3 is 0 Å². The van der Waals surface area contributed by atoms with E-state index in [1.54, 1.807) is 0 Å². The lowest BCUT2D eigenvalue weighted by Crippen LogP contribution is -2.49. The summed E-state index contributed by atoms with van der Waals surface area (Å²) < 4.78 is 0. The van der Waals surface area contributed by atoms with Crippen molar-refractivity contribution in [3.8, 4) is 0 Å². The zero-order valence-corrected chi connectivity index (χ0v) is 12.5. The molecule has 18 heavy (non-hydrogen) atoms. The number of hydrogen-bond donors (Lipinski definition) is 1. The van der Waals surface area contributed by atoms with Crippen LogP contribution < -0.4 is 5.32 Å². The Hall–Kier alpha value is -0.610. The molecule has 4 nitrogen and oxygen atoms in total. The largest absolute Gasteiger partial charge is 0.344 e. The molecular weight excluding hydrogens is 226 g/mol. The lowest BCUT2D eigenvalue weighted by atomic mass is 9.79. The maximum absolute atomic E-state index is 12.3. The fraction of sp³-hybridized carbons (Fsp3) is 0.929. The molecule has 0 aliphatic heterocycles. The Kier molecular flexibility index (Phi) is 6.09. The number of carbonyl (C=O) groups excluding carboxylic acids is 1. The number of likely N-dealkylation sites (N-methyl/N-ethyl adjacent to an activating group) is 2. The third-order valence-electron chi connectivity index (χ3n) is 4.14. The van der Waals surface area contributed by atoms with Crippen molar-refractivity contribution < 1.29 is 4.79 Å². The van der Waals surface area contributed by atoms with E-state index in [-0.39, 0.29) is 11.4 Å². The summed E-state index contributed by atoms with van der Waals surface area (Å²) in [4.78, 5) is 16.2. The van der Waals surface area contributed by atoms with Gasteiger partial charge in [-0.05, 0) is 34.0 Å². The van der Waals surface area contributed by atoms with E-state index in [1.165, 1.54) is 19.3 Å². The summed E-state index contributed by atoms with van der Waals surface area (Å²) in [5, 5.41) is 3.41. The molecule has 0 spiro atoms. The first-order chi connectivity index (χ1) is 8.49. The van der Waals surface area contributed by atoms with Crippen molar-refractivity contribution >= 4 is 5.91 Å². The minimum Gasteiger partial charge on any atom is -0.344 e. The van der Waals surface area contributed by atoms with Crippen molar-refractivity contribution in [2.24, 2.45) is 0 Å². The summed E-state index contributed by atoms with van der Waals surface area (Å²) in [6, 6.07) is 0. The molecule has 0 atom stereocenters. The van der Waals surface area contributed by atoms with Gasteiger partial charge in [-0.1, -0.05) is 19.3 Å². The summed E-state index contributed by atoms with van der Waals surface area (Å²) in [6.45, 7) is 1.74. The Labute approximate surface area is 112 Å². The van der Waals surface area contributed by atoms with Crippen LogP contribution in [0.3, 0.4) is 0 Å². The number of nitrogens with one attached hydrogen (secondary N) is 1. The van der Waals surface area contributed by atoms with Crippen molar-refractivity contribution in [1.29, 1.82) is 0 Å². The fourth-order valence-corrected chi connectivity index (χ4v) is 2.64. The highest BCUT2D eigenvalue weighted by Gasteiger charge is 2.33. The maximum Gasteiger partial charge on any atom is 0.224 e.